The van der Waals surface area contributed by atoms with Crippen molar-refractivity contribution >= 4 is 40.0 Å². The highest BCUT2D eigenvalue weighted by molar-refractivity contribution is 6.31. The number of unbranched alkanes of at least 4 members (excludes halogenated alkanes) is 3. The van der Waals surface area contributed by atoms with Crippen molar-refractivity contribution < 1.29 is 14.0 Å². The molecule has 1 N–H and O–H groups in total. The molecule has 1 aromatic heterocycles. The van der Waals surface area contributed by atoms with E-state index in [4.69, 9.17) is 11.6 Å². The van der Waals surface area contributed by atoms with Crippen LogP contribution in [-0.2, 0) is 0 Å². The number of hydrogen-bond donors (Lipinski definition) is 1. The topological polar surface area (TPSA) is 62.3 Å². The number of imide groups is 1. The minimum Gasteiger partial charge on any atom is -0.384 e. The van der Waals surface area contributed by atoms with Gasteiger partial charge < -0.3 is 5.32 Å². The lowest BCUT2D eigenvalue weighted by atomic mass is 10.1. The Morgan fingerprint density at radius 3 is 2.67 bits per heavy atom. The second kappa shape index (κ2) is 8.79. The maximum absolute atomic E-state index is 13.9. The van der Waals surface area contributed by atoms with Crippen molar-refractivity contribution in [2.75, 3.05) is 18.4 Å². The van der Waals surface area contributed by atoms with Gasteiger partial charge in [-0.3, -0.25) is 19.5 Å². The third kappa shape index (κ3) is 4.00. The number of hydrogen-bond acceptors (Lipinski definition) is 4. The van der Waals surface area contributed by atoms with E-state index >= 15 is 0 Å². The zero-order valence-corrected chi connectivity index (χ0v) is 17.1. The van der Waals surface area contributed by atoms with Crippen molar-refractivity contribution in [3.05, 3.63) is 70.6 Å². The fourth-order valence-electron chi connectivity index (χ4n) is 3.74. The van der Waals surface area contributed by atoms with E-state index in [2.05, 4.69) is 10.3 Å². The van der Waals surface area contributed by atoms with Gasteiger partial charge in [-0.15, -0.1) is 0 Å². The van der Waals surface area contributed by atoms with Crippen LogP contribution >= 0.6 is 11.6 Å². The molecule has 5 nitrogen and oxygen atoms in total. The Morgan fingerprint density at radius 1 is 1.00 bits per heavy atom. The van der Waals surface area contributed by atoms with E-state index in [1.807, 2.05) is 24.3 Å². The first kappa shape index (κ1) is 20.3. The summed E-state index contributed by atoms with van der Waals surface area (Å²) >= 11 is 6.02. The molecule has 0 atom stereocenters. The Hall–Kier alpha value is -2.99. The molecule has 0 saturated carbocycles. The molecule has 0 saturated heterocycles. The first-order valence-electron chi connectivity index (χ1n) is 9.99. The van der Waals surface area contributed by atoms with Crippen LogP contribution in [0.2, 0.25) is 5.02 Å². The number of carbonyl (C=O) groups excluding carboxylic acids is 2. The first-order chi connectivity index (χ1) is 14.6. The fourth-order valence-corrected chi connectivity index (χ4v) is 3.91. The molecule has 4 rings (SSSR count). The molecular formula is C23H21ClFN3O2. The number of fused-ring (bicyclic) bond motifs is 2. The van der Waals surface area contributed by atoms with Crippen LogP contribution in [0, 0.1) is 5.82 Å². The molecule has 0 aliphatic carbocycles. The number of halogens is 2. The number of carbonyl (C=O) groups is 2. The number of amides is 2. The summed E-state index contributed by atoms with van der Waals surface area (Å²) in [7, 11) is 0. The van der Waals surface area contributed by atoms with Gasteiger partial charge in [0, 0.05) is 35.4 Å². The molecule has 2 heterocycles. The molecular weight excluding hydrogens is 405 g/mol. The highest BCUT2D eigenvalue weighted by atomic mass is 35.5. The molecule has 0 unspecified atom stereocenters. The Kier molecular flexibility index (Phi) is 5.95. The van der Waals surface area contributed by atoms with Gasteiger partial charge in [-0.25, -0.2) is 4.39 Å². The van der Waals surface area contributed by atoms with Crippen molar-refractivity contribution in [2.45, 2.75) is 25.7 Å². The van der Waals surface area contributed by atoms with Crippen LogP contribution in [-0.4, -0.2) is 34.8 Å². The number of anilines is 1. The molecule has 0 spiro atoms. The molecule has 2 aromatic carbocycles. The van der Waals surface area contributed by atoms with E-state index in [1.165, 1.54) is 18.2 Å². The molecule has 30 heavy (non-hydrogen) atoms. The van der Waals surface area contributed by atoms with Crippen molar-refractivity contribution in [2.24, 2.45) is 0 Å². The highest BCUT2D eigenvalue weighted by Crippen LogP contribution is 2.26. The van der Waals surface area contributed by atoms with Crippen LogP contribution in [0.1, 0.15) is 46.4 Å². The maximum Gasteiger partial charge on any atom is 0.264 e. The first-order valence-corrected chi connectivity index (χ1v) is 10.4. The van der Waals surface area contributed by atoms with Crippen LogP contribution in [0.25, 0.3) is 10.9 Å². The van der Waals surface area contributed by atoms with Gasteiger partial charge in [-0.2, -0.15) is 0 Å². The van der Waals surface area contributed by atoms with Crippen molar-refractivity contribution in [1.29, 1.82) is 0 Å². The van der Waals surface area contributed by atoms with Gasteiger partial charge in [-0.1, -0.05) is 30.5 Å². The summed E-state index contributed by atoms with van der Waals surface area (Å²) in [6, 6.07) is 11.8. The highest BCUT2D eigenvalue weighted by Gasteiger charge is 2.37. The van der Waals surface area contributed by atoms with E-state index in [0.29, 0.717) is 18.0 Å². The summed E-state index contributed by atoms with van der Waals surface area (Å²) in [5, 5.41) is 5.12. The van der Waals surface area contributed by atoms with E-state index in [0.717, 1.165) is 47.3 Å². The summed E-state index contributed by atoms with van der Waals surface area (Å²) in [5.41, 5.74) is 1.93. The Labute approximate surface area is 178 Å². The van der Waals surface area contributed by atoms with E-state index in [1.54, 1.807) is 6.20 Å². The average Bonchev–Trinajstić information content (AvgIpc) is 2.98. The van der Waals surface area contributed by atoms with Gasteiger partial charge in [-0.05, 0) is 49.2 Å². The monoisotopic (exact) mass is 425 g/mol. The number of pyridine rings is 1. The van der Waals surface area contributed by atoms with Crippen LogP contribution in [0.3, 0.4) is 0 Å². The minimum atomic E-state index is -0.634. The third-order valence-corrected chi connectivity index (χ3v) is 5.51. The molecule has 0 bridgehead atoms. The number of nitrogens with one attached hydrogen (secondary N) is 1. The van der Waals surface area contributed by atoms with Gasteiger partial charge in [0.15, 0.2) is 0 Å². The van der Waals surface area contributed by atoms with Crippen LogP contribution in [0.15, 0.2) is 48.7 Å². The summed E-state index contributed by atoms with van der Waals surface area (Å²) in [6.45, 7) is 1.12. The fraction of sp³-hybridized carbons (Fsp3) is 0.261. The number of rotatable bonds is 8. The van der Waals surface area contributed by atoms with Crippen LogP contribution in [0.4, 0.5) is 10.1 Å². The van der Waals surface area contributed by atoms with Gasteiger partial charge in [0.1, 0.15) is 5.82 Å². The average molecular weight is 426 g/mol. The van der Waals surface area contributed by atoms with Gasteiger partial charge in [0.25, 0.3) is 11.8 Å². The van der Waals surface area contributed by atoms with E-state index in [9.17, 15) is 14.0 Å². The molecule has 1 aliphatic rings. The standard InChI is InChI=1S/C23H21ClFN3O2/c24-15-8-9-16-19(10-12-27-20(16)14-15)26-11-3-1-2-4-13-28-22(29)17-6-5-7-18(25)21(17)23(28)30/h5-10,12,14H,1-4,11,13H2,(H,26,27). The summed E-state index contributed by atoms with van der Waals surface area (Å²) in [4.78, 5) is 30.1. The quantitative estimate of drug-likeness (QED) is 0.393. The maximum atomic E-state index is 13.9. The lowest BCUT2D eigenvalue weighted by Gasteiger charge is -2.13. The third-order valence-electron chi connectivity index (χ3n) is 5.28. The zero-order valence-electron chi connectivity index (χ0n) is 16.3. The van der Waals surface area contributed by atoms with Gasteiger partial charge in [0.05, 0.1) is 16.6 Å². The molecule has 1 aliphatic heterocycles. The lowest BCUT2D eigenvalue weighted by Crippen LogP contribution is -2.30. The molecule has 3 aromatic rings. The van der Waals surface area contributed by atoms with Crippen molar-refractivity contribution in [3.8, 4) is 0 Å². The van der Waals surface area contributed by atoms with Gasteiger partial charge in [0.2, 0.25) is 0 Å². The lowest BCUT2D eigenvalue weighted by molar-refractivity contribution is 0.0650. The largest absolute Gasteiger partial charge is 0.384 e. The zero-order chi connectivity index (χ0) is 21.1. The molecule has 154 valence electrons. The second-order valence-corrected chi connectivity index (χ2v) is 7.72. The Bertz CT molecular complexity index is 1120. The minimum absolute atomic E-state index is 0.0995. The molecule has 0 fully saturated rings. The van der Waals surface area contributed by atoms with Crippen molar-refractivity contribution in [1.82, 2.24) is 9.88 Å². The van der Waals surface area contributed by atoms with Crippen LogP contribution < -0.4 is 5.32 Å². The predicted molar refractivity (Wildman–Crippen MR) is 115 cm³/mol. The molecule has 2 amide bonds. The Morgan fingerprint density at radius 2 is 1.83 bits per heavy atom. The van der Waals surface area contributed by atoms with Gasteiger partial charge >= 0.3 is 0 Å². The summed E-state index contributed by atoms with van der Waals surface area (Å²) in [5.74, 6) is -1.56. The normalized spacial score (nSPS) is 13.2. The Balaban J connectivity index is 1.21. The SMILES string of the molecule is O=C1c2cccc(F)c2C(=O)N1CCCCCCNc1ccnc2cc(Cl)ccc12. The number of nitrogens with zero attached hydrogens (tertiary/aromatic N) is 2. The molecule has 0 radical (unpaired) electrons. The van der Waals surface area contributed by atoms with E-state index in [-0.39, 0.29) is 11.1 Å². The number of aromatic nitrogens is 1. The second-order valence-electron chi connectivity index (χ2n) is 7.29. The smallest absolute Gasteiger partial charge is 0.264 e. The summed E-state index contributed by atoms with van der Waals surface area (Å²) in [6.07, 6.45) is 5.24. The molecule has 7 heteroatoms. The summed E-state index contributed by atoms with van der Waals surface area (Å²) < 4.78 is 13.9. The van der Waals surface area contributed by atoms with Crippen LogP contribution in [0.5, 0.6) is 0 Å². The number of benzene rings is 2. The predicted octanol–water partition coefficient (Wildman–Crippen LogP) is 5.30. The van der Waals surface area contributed by atoms with E-state index < -0.39 is 17.6 Å². The van der Waals surface area contributed by atoms with Crippen molar-refractivity contribution in [3.63, 3.8) is 0 Å².